The largest absolute Gasteiger partial charge is 0.314 e. The number of hydroxylamine groups is 2. The van der Waals surface area contributed by atoms with Crippen LogP contribution in [-0.2, 0) is 13.6 Å². The van der Waals surface area contributed by atoms with Crippen molar-refractivity contribution in [2.45, 2.75) is 6.54 Å². The molecule has 72 valence electrons. The molecule has 13 heavy (non-hydrogen) atoms. The molecule has 0 bridgehead atoms. The highest BCUT2D eigenvalue weighted by Gasteiger charge is 2.19. The van der Waals surface area contributed by atoms with E-state index in [0.717, 1.165) is 5.06 Å². The van der Waals surface area contributed by atoms with Crippen LogP contribution in [0, 0.1) is 10.1 Å². The molecule has 7 heteroatoms. The topological polar surface area (TPSA) is 84.4 Å². The van der Waals surface area contributed by atoms with Crippen molar-refractivity contribution in [2.75, 3.05) is 7.05 Å². The monoisotopic (exact) mass is 186 g/mol. The van der Waals surface area contributed by atoms with E-state index in [-0.39, 0.29) is 12.2 Å². The molecule has 0 saturated carbocycles. The molecule has 0 saturated heterocycles. The van der Waals surface area contributed by atoms with E-state index in [2.05, 4.69) is 5.10 Å². The molecule has 0 aliphatic heterocycles. The minimum absolute atomic E-state index is 0.0762. The van der Waals surface area contributed by atoms with Gasteiger partial charge in [-0.05, 0) is 0 Å². The third-order valence-electron chi connectivity index (χ3n) is 1.61. The van der Waals surface area contributed by atoms with Crippen LogP contribution in [0.25, 0.3) is 0 Å². The molecule has 0 spiro atoms. The molecule has 0 atom stereocenters. The molecule has 0 fully saturated rings. The molecular weight excluding hydrogens is 176 g/mol. The van der Waals surface area contributed by atoms with Gasteiger partial charge in [0.25, 0.3) is 0 Å². The van der Waals surface area contributed by atoms with Crippen molar-refractivity contribution in [2.24, 2.45) is 7.05 Å². The lowest BCUT2D eigenvalue weighted by Crippen LogP contribution is -2.15. The van der Waals surface area contributed by atoms with Crippen molar-refractivity contribution in [1.29, 1.82) is 0 Å². The first-order valence-electron chi connectivity index (χ1n) is 3.57. The van der Waals surface area contributed by atoms with Gasteiger partial charge in [0.15, 0.2) is 0 Å². The third-order valence-corrected chi connectivity index (χ3v) is 1.61. The van der Waals surface area contributed by atoms with Crippen molar-refractivity contribution < 1.29 is 10.1 Å². The van der Waals surface area contributed by atoms with Crippen molar-refractivity contribution in [3.8, 4) is 0 Å². The summed E-state index contributed by atoms with van der Waals surface area (Å²) in [7, 11) is 3.00. The second-order valence-electron chi connectivity index (χ2n) is 2.67. The van der Waals surface area contributed by atoms with Gasteiger partial charge in [-0.1, -0.05) is 0 Å². The molecule has 1 aromatic heterocycles. The molecule has 0 aromatic carbocycles. The highest BCUT2D eigenvalue weighted by molar-refractivity contribution is 5.32. The van der Waals surface area contributed by atoms with Crippen LogP contribution < -0.4 is 0 Å². The van der Waals surface area contributed by atoms with Crippen LogP contribution in [0.3, 0.4) is 0 Å². The van der Waals surface area contributed by atoms with Crippen molar-refractivity contribution >= 4 is 5.69 Å². The minimum Gasteiger partial charge on any atom is -0.314 e. The molecule has 0 aliphatic carbocycles. The Kier molecular flexibility index (Phi) is 2.59. The minimum atomic E-state index is -0.522. The molecule has 0 amide bonds. The third kappa shape index (κ3) is 2.01. The number of hydrogen-bond donors (Lipinski definition) is 1. The Morgan fingerprint density at radius 2 is 2.46 bits per heavy atom. The number of nitro groups is 1. The number of aryl methyl sites for hydroxylation is 1. The summed E-state index contributed by atoms with van der Waals surface area (Å²) >= 11 is 0. The summed E-state index contributed by atoms with van der Waals surface area (Å²) in [6, 6.07) is 0. The average Bonchev–Trinajstić information content (AvgIpc) is 2.32. The summed E-state index contributed by atoms with van der Waals surface area (Å²) in [4.78, 5) is 9.95. The van der Waals surface area contributed by atoms with E-state index in [1.807, 2.05) is 0 Å². The molecule has 1 heterocycles. The zero-order valence-corrected chi connectivity index (χ0v) is 7.34. The first-order valence-corrected chi connectivity index (χ1v) is 3.57. The van der Waals surface area contributed by atoms with Crippen LogP contribution >= 0.6 is 0 Å². The molecular formula is C6H10N4O3. The van der Waals surface area contributed by atoms with Gasteiger partial charge in [0.05, 0.1) is 11.5 Å². The van der Waals surface area contributed by atoms with E-state index < -0.39 is 4.92 Å². The van der Waals surface area contributed by atoms with Crippen LogP contribution in [0.2, 0.25) is 0 Å². The van der Waals surface area contributed by atoms with Gasteiger partial charge in [-0.3, -0.25) is 14.8 Å². The van der Waals surface area contributed by atoms with E-state index in [9.17, 15) is 10.1 Å². The van der Waals surface area contributed by atoms with E-state index in [0.29, 0.717) is 5.69 Å². The van der Waals surface area contributed by atoms with Crippen molar-refractivity contribution in [1.82, 2.24) is 14.8 Å². The summed E-state index contributed by atoms with van der Waals surface area (Å²) in [6.45, 7) is 0.0762. The van der Waals surface area contributed by atoms with Gasteiger partial charge in [-0.25, -0.2) is 0 Å². The molecule has 1 aromatic rings. The Balaban J connectivity index is 3.01. The molecule has 0 radical (unpaired) electrons. The zero-order valence-electron chi connectivity index (χ0n) is 7.34. The first-order chi connectivity index (χ1) is 6.02. The van der Waals surface area contributed by atoms with Gasteiger partial charge in [0, 0.05) is 14.1 Å². The van der Waals surface area contributed by atoms with Crippen LogP contribution in [0.4, 0.5) is 5.69 Å². The quantitative estimate of drug-likeness (QED) is 0.536. The summed E-state index contributed by atoms with van der Waals surface area (Å²) in [5.74, 6) is 0. The predicted octanol–water partition coefficient (Wildman–Crippen LogP) is 0.149. The van der Waals surface area contributed by atoms with E-state index >= 15 is 0 Å². The maximum absolute atomic E-state index is 10.5. The van der Waals surface area contributed by atoms with Crippen molar-refractivity contribution in [3.05, 3.63) is 22.0 Å². The summed E-state index contributed by atoms with van der Waals surface area (Å²) in [5.41, 5.74) is 0.290. The van der Waals surface area contributed by atoms with Gasteiger partial charge in [-0.2, -0.15) is 10.2 Å². The maximum Gasteiger partial charge on any atom is 0.311 e. The molecule has 0 unspecified atom stereocenters. The SMILES string of the molecule is CN(O)Cc1c([N+](=O)[O-])cnn1C. The molecule has 1 N–H and O–H groups in total. The smallest absolute Gasteiger partial charge is 0.311 e. The Labute approximate surface area is 74.3 Å². The van der Waals surface area contributed by atoms with E-state index in [1.54, 1.807) is 7.05 Å². The van der Waals surface area contributed by atoms with Crippen LogP contribution in [-0.4, -0.2) is 32.0 Å². The summed E-state index contributed by atoms with van der Waals surface area (Å²) < 4.78 is 1.37. The van der Waals surface area contributed by atoms with Gasteiger partial charge in [0.1, 0.15) is 11.9 Å². The fourth-order valence-corrected chi connectivity index (χ4v) is 1.00. The van der Waals surface area contributed by atoms with Gasteiger partial charge in [-0.15, -0.1) is 0 Å². The number of rotatable bonds is 3. The predicted molar refractivity (Wildman–Crippen MR) is 43.1 cm³/mol. The highest BCUT2D eigenvalue weighted by Crippen LogP contribution is 2.17. The Morgan fingerprint density at radius 1 is 1.85 bits per heavy atom. The molecule has 0 aliphatic rings. The van der Waals surface area contributed by atoms with Crippen molar-refractivity contribution in [3.63, 3.8) is 0 Å². The Morgan fingerprint density at radius 3 is 2.92 bits per heavy atom. The highest BCUT2D eigenvalue weighted by atomic mass is 16.6. The molecule has 1 rings (SSSR count). The number of nitrogens with zero attached hydrogens (tertiary/aromatic N) is 4. The maximum atomic E-state index is 10.5. The van der Waals surface area contributed by atoms with Gasteiger partial charge < -0.3 is 5.21 Å². The van der Waals surface area contributed by atoms with Crippen LogP contribution in [0.5, 0.6) is 0 Å². The number of aromatic nitrogens is 2. The molecule has 7 nitrogen and oxygen atoms in total. The lowest BCUT2D eigenvalue weighted by Gasteiger charge is -2.06. The second kappa shape index (κ2) is 3.50. The second-order valence-corrected chi connectivity index (χ2v) is 2.67. The summed E-state index contributed by atoms with van der Waals surface area (Å²) in [6.07, 6.45) is 1.17. The fraction of sp³-hybridized carbons (Fsp3) is 0.500. The van der Waals surface area contributed by atoms with Crippen LogP contribution in [0.1, 0.15) is 5.69 Å². The Bertz CT molecular complexity index is 320. The fourth-order valence-electron chi connectivity index (χ4n) is 1.00. The Hall–Kier alpha value is -1.47. The zero-order chi connectivity index (χ0) is 10.0. The first kappa shape index (κ1) is 9.62. The van der Waals surface area contributed by atoms with Gasteiger partial charge >= 0.3 is 5.69 Å². The standard InChI is InChI=1S/C6H10N4O3/c1-8(11)4-6-5(10(12)13)3-7-9(6)2/h3,11H,4H2,1-2H3. The number of hydrogen-bond acceptors (Lipinski definition) is 5. The normalized spacial score (nSPS) is 10.8. The average molecular weight is 186 g/mol. The lowest BCUT2D eigenvalue weighted by molar-refractivity contribution is -0.386. The lowest BCUT2D eigenvalue weighted by atomic mass is 10.3. The van der Waals surface area contributed by atoms with Gasteiger partial charge in [0.2, 0.25) is 0 Å². The van der Waals surface area contributed by atoms with E-state index in [4.69, 9.17) is 5.21 Å². The van der Waals surface area contributed by atoms with Crippen LogP contribution in [0.15, 0.2) is 6.20 Å². The summed E-state index contributed by atoms with van der Waals surface area (Å²) in [5, 5.41) is 24.0. The van der Waals surface area contributed by atoms with E-state index in [1.165, 1.54) is 17.9 Å².